The molecule has 0 bridgehead atoms. The minimum absolute atomic E-state index is 0.0248. The first-order valence-electron chi connectivity index (χ1n) is 13.4. The van der Waals surface area contributed by atoms with Crippen molar-refractivity contribution < 1.29 is 19.1 Å². The van der Waals surface area contributed by atoms with E-state index >= 15 is 0 Å². The molecular formula is C30H28N6O4S. The Hall–Kier alpha value is -4.77. The maximum atomic E-state index is 13.5. The Balaban J connectivity index is 1.27. The maximum absolute atomic E-state index is 13.5. The van der Waals surface area contributed by atoms with Crippen molar-refractivity contribution in [3.8, 4) is 11.6 Å². The van der Waals surface area contributed by atoms with Crippen molar-refractivity contribution in [2.75, 3.05) is 10.2 Å². The predicted molar refractivity (Wildman–Crippen MR) is 158 cm³/mol. The van der Waals surface area contributed by atoms with Gasteiger partial charge in [0.1, 0.15) is 15.5 Å². The van der Waals surface area contributed by atoms with Gasteiger partial charge in [-0.2, -0.15) is 0 Å². The van der Waals surface area contributed by atoms with Gasteiger partial charge in [0.2, 0.25) is 11.8 Å². The lowest BCUT2D eigenvalue weighted by atomic mass is 9.91. The van der Waals surface area contributed by atoms with E-state index in [-0.39, 0.29) is 23.9 Å². The molecule has 2 aliphatic rings. The van der Waals surface area contributed by atoms with Crippen LogP contribution in [-0.4, -0.2) is 39.9 Å². The Bertz CT molecular complexity index is 1670. The summed E-state index contributed by atoms with van der Waals surface area (Å²) in [5.41, 5.74) is 2.27. The Morgan fingerprint density at radius 3 is 2.63 bits per heavy atom. The number of aryl methyl sites for hydroxylation is 1. The van der Waals surface area contributed by atoms with Crippen molar-refractivity contribution in [1.29, 1.82) is 0 Å². The second-order valence-electron chi connectivity index (χ2n) is 10.00. The fourth-order valence-electron chi connectivity index (χ4n) is 5.38. The van der Waals surface area contributed by atoms with Crippen LogP contribution >= 0.6 is 11.3 Å². The van der Waals surface area contributed by atoms with E-state index in [9.17, 15) is 14.4 Å². The van der Waals surface area contributed by atoms with Crippen LogP contribution in [0.25, 0.3) is 10.2 Å². The number of ether oxygens (including phenoxy) is 1. The summed E-state index contributed by atoms with van der Waals surface area (Å²) < 4.78 is 5.86. The maximum Gasteiger partial charge on any atom is 0.331 e. The Kier molecular flexibility index (Phi) is 7.10. The minimum atomic E-state index is -0.399. The number of anilines is 3. The first-order valence-corrected chi connectivity index (χ1v) is 14.2. The number of para-hydroxylation sites is 1. The minimum Gasteiger partial charge on any atom is -0.439 e. The van der Waals surface area contributed by atoms with Crippen molar-refractivity contribution in [2.24, 2.45) is 0 Å². The van der Waals surface area contributed by atoms with E-state index in [2.05, 4.69) is 32.5 Å². The highest BCUT2D eigenvalue weighted by Gasteiger charge is 2.34. The number of rotatable bonds is 7. The van der Waals surface area contributed by atoms with Gasteiger partial charge in [0, 0.05) is 24.3 Å². The summed E-state index contributed by atoms with van der Waals surface area (Å²) in [6, 6.07) is 14.1. The molecule has 0 radical (unpaired) electrons. The normalized spacial score (nSPS) is 18.0. The average molecular weight is 569 g/mol. The van der Waals surface area contributed by atoms with Gasteiger partial charge in [0.05, 0.1) is 28.1 Å². The first-order chi connectivity index (χ1) is 19.9. The summed E-state index contributed by atoms with van der Waals surface area (Å²) in [5, 5.41) is 9.67. The van der Waals surface area contributed by atoms with E-state index in [1.165, 1.54) is 17.4 Å². The van der Waals surface area contributed by atoms with Gasteiger partial charge in [-0.3, -0.25) is 14.5 Å². The summed E-state index contributed by atoms with van der Waals surface area (Å²) in [6.45, 7) is 5.32. The lowest BCUT2D eigenvalue weighted by Crippen LogP contribution is -2.45. The fraction of sp³-hybridized carbons (Fsp3) is 0.233. The van der Waals surface area contributed by atoms with Crippen LogP contribution < -0.4 is 25.6 Å². The Morgan fingerprint density at radius 1 is 1.10 bits per heavy atom. The van der Waals surface area contributed by atoms with Crippen LogP contribution in [0.2, 0.25) is 0 Å². The van der Waals surface area contributed by atoms with Gasteiger partial charge >= 0.3 is 6.03 Å². The van der Waals surface area contributed by atoms with Crippen molar-refractivity contribution in [2.45, 2.75) is 44.7 Å². The third-order valence-electron chi connectivity index (χ3n) is 7.23. The monoisotopic (exact) mass is 568 g/mol. The van der Waals surface area contributed by atoms with Crippen molar-refractivity contribution in [1.82, 2.24) is 20.6 Å². The van der Waals surface area contributed by atoms with Crippen LogP contribution in [-0.2, 0) is 4.79 Å². The highest BCUT2D eigenvalue weighted by Crippen LogP contribution is 2.46. The number of hydrogen-bond acceptors (Lipinski definition) is 7. The molecule has 4 amide bonds. The Labute approximate surface area is 240 Å². The van der Waals surface area contributed by atoms with Crippen molar-refractivity contribution in [3.05, 3.63) is 78.0 Å². The molecule has 3 N–H and O–H groups in total. The SMILES string of the molecule is C=CC(=O)N[C@@H]1CCC[C@H](NC(=O)c2sc3nccc4c3c2NC(=O)N4c2ccc(Oc3ccccc3)nc2C)C1. The molecule has 2 atom stereocenters. The molecule has 10 nitrogen and oxygen atoms in total. The third-order valence-corrected chi connectivity index (χ3v) is 8.33. The van der Waals surface area contributed by atoms with E-state index in [0.717, 1.165) is 19.3 Å². The number of hydrogen-bond donors (Lipinski definition) is 3. The van der Waals surface area contributed by atoms with Crippen LogP contribution in [0, 0.1) is 6.92 Å². The molecule has 0 saturated heterocycles. The summed E-state index contributed by atoms with van der Waals surface area (Å²) >= 11 is 1.24. The summed E-state index contributed by atoms with van der Waals surface area (Å²) in [5.74, 6) is 0.589. The number of carbonyl (C=O) groups excluding carboxylic acids is 3. The fourth-order valence-corrected chi connectivity index (χ4v) is 6.40. The van der Waals surface area contributed by atoms with Gasteiger partial charge in [-0.25, -0.2) is 14.8 Å². The highest BCUT2D eigenvalue weighted by atomic mass is 32.1. The number of nitrogens with zero attached hydrogens (tertiary/aromatic N) is 3. The van der Waals surface area contributed by atoms with Crippen LogP contribution in [0.1, 0.15) is 41.0 Å². The van der Waals surface area contributed by atoms with Gasteiger partial charge in [-0.05, 0) is 62.9 Å². The van der Waals surface area contributed by atoms with Crippen LogP contribution in [0.4, 0.5) is 21.9 Å². The number of pyridine rings is 2. The van der Waals surface area contributed by atoms with Crippen molar-refractivity contribution in [3.63, 3.8) is 0 Å². The number of nitrogens with one attached hydrogen (secondary N) is 3. The number of urea groups is 1. The molecule has 3 aromatic heterocycles. The van der Waals surface area contributed by atoms with Crippen LogP contribution in [0.5, 0.6) is 11.6 Å². The molecule has 1 fully saturated rings. The van der Waals surface area contributed by atoms with Crippen LogP contribution in [0.3, 0.4) is 0 Å². The predicted octanol–water partition coefficient (Wildman–Crippen LogP) is 5.82. The molecule has 1 saturated carbocycles. The van der Waals surface area contributed by atoms with Gasteiger partial charge in [-0.15, -0.1) is 11.3 Å². The second-order valence-corrected chi connectivity index (χ2v) is 11.0. The van der Waals surface area contributed by atoms with Gasteiger partial charge in [0.15, 0.2) is 0 Å². The lowest BCUT2D eigenvalue weighted by Gasteiger charge is -2.30. The lowest BCUT2D eigenvalue weighted by molar-refractivity contribution is -0.117. The van der Waals surface area contributed by atoms with E-state index in [4.69, 9.17) is 4.74 Å². The summed E-state index contributed by atoms with van der Waals surface area (Å²) in [6.07, 6.45) is 6.07. The molecule has 4 aromatic rings. The first kappa shape index (κ1) is 26.5. The molecule has 41 heavy (non-hydrogen) atoms. The van der Waals surface area contributed by atoms with Crippen molar-refractivity contribution >= 4 is 56.5 Å². The third kappa shape index (κ3) is 5.23. The number of carbonyl (C=O) groups is 3. The van der Waals surface area contributed by atoms with E-state index in [0.29, 0.717) is 55.9 Å². The van der Waals surface area contributed by atoms with Gasteiger partial charge in [0.25, 0.3) is 5.91 Å². The number of amides is 4. The zero-order chi connectivity index (χ0) is 28.5. The quantitative estimate of drug-likeness (QED) is 0.241. The zero-order valence-corrected chi connectivity index (χ0v) is 23.2. The smallest absolute Gasteiger partial charge is 0.331 e. The molecule has 208 valence electrons. The second kappa shape index (κ2) is 11.0. The molecule has 4 heterocycles. The average Bonchev–Trinajstić information content (AvgIpc) is 3.34. The molecule has 1 aliphatic carbocycles. The van der Waals surface area contributed by atoms with E-state index in [1.54, 1.807) is 29.3 Å². The number of benzene rings is 1. The molecule has 1 aromatic carbocycles. The number of aromatic nitrogens is 2. The Morgan fingerprint density at radius 2 is 1.88 bits per heavy atom. The van der Waals surface area contributed by atoms with E-state index in [1.807, 2.05) is 37.3 Å². The summed E-state index contributed by atoms with van der Waals surface area (Å²) in [7, 11) is 0. The standard InChI is InChI=1S/C30H28N6O4S/c1-3-23(37)33-18-8-7-9-19(16-18)34-28(38)27-26-25-22(14-15-31-29(25)41-27)36(30(39)35-26)21-12-13-24(32-17(21)2)40-20-10-5-4-6-11-20/h3-6,10-15,18-19H,1,7-9,16H2,2H3,(H,33,37)(H,34,38)(H,35,39)/t18-,19+/m1/s1. The molecule has 0 spiro atoms. The van der Waals surface area contributed by atoms with Crippen LogP contribution in [0.15, 0.2) is 67.4 Å². The molecule has 11 heteroatoms. The molecule has 1 aliphatic heterocycles. The largest absolute Gasteiger partial charge is 0.439 e. The zero-order valence-electron chi connectivity index (χ0n) is 22.3. The van der Waals surface area contributed by atoms with Gasteiger partial charge in [-0.1, -0.05) is 24.8 Å². The topological polar surface area (TPSA) is 126 Å². The highest BCUT2D eigenvalue weighted by molar-refractivity contribution is 7.21. The molecule has 0 unspecified atom stereocenters. The molecular weight excluding hydrogens is 540 g/mol. The molecule has 6 rings (SSSR count). The summed E-state index contributed by atoms with van der Waals surface area (Å²) in [4.78, 5) is 50.4. The number of thiophene rings is 1. The van der Waals surface area contributed by atoms with E-state index < -0.39 is 6.03 Å². The van der Waals surface area contributed by atoms with Gasteiger partial charge < -0.3 is 20.7 Å².